The van der Waals surface area contributed by atoms with Crippen molar-refractivity contribution in [2.24, 2.45) is 0 Å². The molecule has 0 spiro atoms. The normalized spacial score (nSPS) is 10.8. The average molecular weight is 409 g/mol. The van der Waals surface area contributed by atoms with Gasteiger partial charge >= 0.3 is 0 Å². The fourth-order valence-electron chi connectivity index (χ4n) is 2.75. The standard InChI is InChI=1S/C22H16N2.ClHO4/c1-4-10-17(11-5-1)20-16-23-22(19-14-8-3-9-15-19)24-21(20)18-12-6-2-7-13-18;2-1(3,4)5/h1-16H;(H,2,3,4,5). The van der Waals surface area contributed by atoms with Crippen LogP contribution in [0.3, 0.4) is 0 Å². The quantitative estimate of drug-likeness (QED) is 0.547. The molecule has 0 saturated heterocycles. The minimum atomic E-state index is -4.69. The molecule has 0 aliphatic carbocycles. The lowest BCUT2D eigenvalue weighted by molar-refractivity contribution is -1.92. The third kappa shape index (κ3) is 6.18. The van der Waals surface area contributed by atoms with Gasteiger partial charge in [-0.05, 0) is 5.56 Å². The molecule has 0 unspecified atom stereocenters. The summed E-state index contributed by atoms with van der Waals surface area (Å²) >= 11 is 0. The molecule has 1 aromatic heterocycles. The van der Waals surface area contributed by atoms with Crippen molar-refractivity contribution >= 4 is 0 Å². The number of nitrogens with zero attached hydrogens (tertiary/aromatic N) is 2. The molecule has 0 saturated carbocycles. The van der Waals surface area contributed by atoms with Crippen LogP contribution in [-0.4, -0.2) is 14.6 Å². The summed E-state index contributed by atoms with van der Waals surface area (Å²) in [5.41, 5.74) is 5.23. The molecule has 4 aromatic rings. The van der Waals surface area contributed by atoms with Crippen LogP contribution in [0.5, 0.6) is 0 Å². The monoisotopic (exact) mass is 408 g/mol. The van der Waals surface area contributed by atoms with Crippen molar-refractivity contribution in [3.05, 3.63) is 97.2 Å². The minimum Gasteiger partial charge on any atom is -0.236 e. The summed E-state index contributed by atoms with van der Waals surface area (Å²) < 4.78 is 32.7. The van der Waals surface area contributed by atoms with E-state index in [2.05, 4.69) is 29.2 Å². The van der Waals surface area contributed by atoms with Crippen LogP contribution >= 0.6 is 0 Å². The molecule has 0 aliphatic rings. The zero-order chi connectivity index (χ0) is 20.7. The van der Waals surface area contributed by atoms with Gasteiger partial charge in [0.2, 0.25) is 0 Å². The molecule has 0 bridgehead atoms. The van der Waals surface area contributed by atoms with Gasteiger partial charge in [0.05, 0.1) is 20.6 Å². The molecule has 146 valence electrons. The molecular weight excluding hydrogens is 392 g/mol. The Morgan fingerprint density at radius 2 is 1.03 bits per heavy atom. The Bertz CT molecular complexity index is 1030. The first-order valence-electron chi connectivity index (χ1n) is 8.58. The van der Waals surface area contributed by atoms with Gasteiger partial charge in [-0.15, -0.1) is 0 Å². The molecule has 0 aliphatic heterocycles. The average Bonchev–Trinajstić information content (AvgIpc) is 2.74. The smallest absolute Gasteiger partial charge is 0.159 e. The third-order valence-electron chi connectivity index (χ3n) is 3.95. The van der Waals surface area contributed by atoms with Crippen LogP contribution in [0.4, 0.5) is 0 Å². The van der Waals surface area contributed by atoms with E-state index in [9.17, 15) is 0 Å². The number of benzene rings is 3. The molecule has 3 aromatic carbocycles. The Hall–Kier alpha value is -3.13. The van der Waals surface area contributed by atoms with Crippen LogP contribution in [-0.2, 0) is 0 Å². The summed E-state index contributed by atoms with van der Waals surface area (Å²) in [6.07, 6.45) is 1.92. The highest BCUT2D eigenvalue weighted by atomic mass is 35.7. The van der Waals surface area contributed by atoms with E-state index in [1.807, 2.05) is 72.9 Å². The van der Waals surface area contributed by atoms with E-state index in [-0.39, 0.29) is 0 Å². The topological polar surface area (TPSA) is 115 Å². The second-order valence-corrected chi connectivity index (χ2v) is 6.74. The first-order valence-corrected chi connectivity index (χ1v) is 9.85. The summed E-state index contributed by atoms with van der Waals surface area (Å²) in [5.74, 6) is 0.745. The highest BCUT2D eigenvalue weighted by Crippen LogP contribution is 2.31. The van der Waals surface area contributed by atoms with Crippen LogP contribution < -0.4 is 14.0 Å². The van der Waals surface area contributed by atoms with E-state index in [1.165, 1.54) is 0 Å². The second-order valence-electron chi connectivity index (χ2n) is 5.95. The Labute approximate surface area is 170 Å². The Morgan fingerprint density at radius 1 is 0.621 bits per heavy atom. The minimum absolute atomic E-state index is 0.745. The van der Waals surface area contributed by atoms with E-state index in [0.717, 1.165) is 33.8 Å². The molecule has 1 N–H and O–H groups in total. The van der Waals surface area contributed by atoms with Crippen molar-refractivity contribution < 1.29 is 28.9 Å². The van der Waals surface area contributed by atoms with Crippen molar-refractivity contribution in [3.63, 3.8) is 0 Å². The molecule has 1 heterocycles. The third-order valence-corrected chi connectivity index (χ3v) is 3.95. The highest BCUT2D eigenvalue weighted by molar-refractivity contribution is 5.81. The van der Waals surface area contributed by atoms with Gasteiger partial charge in [0.15, 0.2) is 5.82 Å². The van der Waals surface area contributed by atoms with Crippen molar-refractivity contribution in [3.8, 4) is 33.8 Å². The SMILES string of the molecule is [O-][Cl+3]([O-])([O-])O.c1ccc(-c2ncc(-c3ccccc3)c(-c3ccccc3)n2)cc1. The molecule has 4 rings (SSSR count). The van der Waals surface area contributed by atoms with E-state index >= 15 is 0 Å². The van der Waals surface area contributed by atoms with E-state index in [4.69, 9.17) is 23.6 Å². The lowest BCUT2D eigenvalue weighted by Crippen LogP contribution is -2.58. The van der Waals surface area contributed by atoms with Gasteiger partial charge in [-0.3, -0.25) is 0 Å². The van der Waals surface area contributed by atoms with Crippen molar-refractivity contribution in [1.82, 2.24) is 9.97 Å². The second kappa shape index (κ2) is 9.38. The first kappa shape index (κ1) is 20.6. The molecule has 0 fully saturated rings. The van der Waals surface area contributed by atoms with Crippen molar-refractivity contribution in [1.29, 1.82) is 0 Å². The lowest BCUT2D eigenvalue weighted by atomic mass is 10.0. The zero-order valence-corrected chi connectivity index (χ0v) is 15.9. The van der Waals surface area contributed by atoms with E-state index in [0.29, 0.717) is 0 Å². The van der Waals surface area contributed by atoms with Crippen LogP contribution in [0.1, 0.15) is 0 Å². The molecule has 29 heavy (non-hydrogen) atoms. The maximum absolute atomic E-state index is 8.60. The van der Waals surface area contributed by atoms with Crippen molar-refractivity contribution in [2.75, 3.05) is 0 Å². The maximum Gasteiger partial charge on any atom is 0.159 e. The summed E-state index contributed by atoms with van der Waals surface area (Å²) in [6, 6.07) is 30.6. The predicted molar refractivity (Wildman–Crippen MR) is 101 cm³/mol. The molecule has 6 nitrogen and oxygen atoms in total. The number of rotatable bonds is 3. The molecule has 0 amide bonds. The maximum atomic E-state index is 8.60. The van der Waals surface area contributed by atoms with Gasteiger partial charge in [0.1, 0.15) is 0 Å². The lowest BCUT2D eigenvalue weighted by Gasteiger charge is -2.11. The Balaban J connectivity index is 0.000000431. The van der Waals surface area contributed by atoms with Crippen LogP contribution in [0, 0.1) is 10.2 Å². The first-order chi connectivity index (χ1) is 13.9. The zero-order valence-electron chi connectivity index (χ0n) is 15.2. The molecule has 0 atom stereocenters. The van der Waals surface area contributed by atoms with Crippen molar-refractivity contribution in [2.45, 2.75) is 0 Å². The number of hydrogen-bond acceptors (Lipinski definition) is 6. The van der Waals surface area contributed by atoms with Gasteiger partial charge < -0.3 is 0 Å². The predicted octanol–water partition coefficient (Wildman–Crippen LogP) is 1.35. The molecular formula is C22H17ClN2O4. The van der Waals surface area contributed by atoms with Crippen LogP contribution in [0.25, 0.3) is 33.8 Å². The molecule has 7 heteroatoms. The van der Waals surface area contributed by atoms with E-state index < -0.39 is 10.2 Å². The number of aromatic nitrogens is 2. The number of hydrogen-bond donors (Lipinski definition) is 1. The van der Waals surface area contributed by atoms with Gasteiger partial charge in [-0.25, -0.2) is 9.97 Å². The van der Waals surface area contributed by atoms with Crippen LogP contribution in [0.2, 0.25) is 0 Å². The largest absolute Gasteiger partial charge is 0.236 e. The van der Waals surface area contributed by atoms with Gasteiger partial charge in [0.25, 0.3) is 0 Å². The summed E-state index contributed by atoms with van der Waals surface area (Å²) in [4.78, 5) is 9.48. The Kier molecular flexibility index (Phi) is 6.66. The fourth-order valence-corrected chi connectivity index (χ4v) is 2.75. The highest BCUT2D eigenvalue weighted by Gasteiger charge is 2.12. The van der Waals surface area contributed by atoms with E-state index in [1.54, 1.807) is 0 Å². The number of halogens is 1. The van der Waals surface area contributed by atoms with Crippen LogP contribution in [0.15, 0.2) is 97.2 Å². The van der Waals surface area contributed by atoms with Gasteiger partial charge in [-0.2, -0.15) is 14.0 Å². The summed E-state index contributed by atoms with van der Waals surface area (Å²) in [7, 11) is -4.69. The van der Waals surface area contributed by atoms with Gasteiger partial charge in [-0.1, -0.05) is 91.0 Å². The summed E-state index contributed by atoms with van der Waals surface area (Å²) in [5, 5.41) is 0. The van der Waals surface area contributed by atoms with Gasteiger partial charge in [0, 0.05) is 22.9 Å². The fraction of sp³-hybridized carbons (Fsp3) is 0. The molecule has 0 radical (unpaired) electrons. The summed E-state index contributed by atoms with van der Waals surface area (Å²) in [6.45, 7) is 0. The Morgan fingerprint density at radius 3 is 1.52 bits per heavy atom.